The van der Waals surface area contributed by atoms with Gasteiger partial charge in [0.15, 0.2) is 0 Å². The standard InChI is InChI=1S/C20H23N3O3/c24-19(25)8-7-17-12-18-13-22(9-10-23(18)21-17)20(26)16-6-5-14-3-1-2-4-15(14)11-16/h1-4,12,16H,5-11,13H2,(H,24,25). The Kier molecular flexibility index (Phi) is 4.49. The molecule has 1 N–H and O–H groups in total. The zero-order chi connectivity index (χ0) is 18.1. The Morgan fingerprint density at radius 1 is 1.19 bits per heavy atom. The van der Waals surface area contributed by atoms with E-state index in [4.69, 9.17) is 5.11 Å². The molecule has 4 rings (SSSR count). The summed E-state index contributed by atoms with van der Waals surface area (Å²) in [5.41, 5.74) is 4.47. The Morgan fingerprint density at radius 2 is 2.00 bits per heavy atom. The molecule has 0 bridgehead atoms. The zero-order valence-corrected chi connectivity index (χ0v) is 14.7. The van der Waals surface area contributed by atoms with E-state index in [2.05, 4.69) is 23.3 Å². The van der Waals surface area contributed by atoms with Crippen molar-refractivity contribution in [3.05, 3.63) is 52.8 Å². The van der Waals surface area contributed by atoms with Gasteiger partial charge in [-0.25, -0.2) is 0 Å². The van der Waals surface area contributed by atoms with Gasteiger partial charge in [-0.05, 0) is 36.5 Å². The van der Waals surface area contributed by atoms with Gasteiger partial charge in [-0.1, -0.05) is 24.3 Å². The van der Waals surface area contributed by atoms with E-state index in [-0.39, 0.29) is 18.2 Å². The number of hydrogen-bond donors (Lipinski definition) is 1. The monoisotopic (exact) mass is 353 g/mol. The number of carbonyl (C=O) groups excluding carboxylic acids is 1. The van der Waals surface area contributed by atoms with Crippen molar-refractivity contribution in [2.24, 2.45) is 5.92 Å². The highest BCUT2D eigenvalue weighted by Crippen LogP contribution is 2.28. The molecule has 1 aromatic carbocycles. The number of fused-ring (bicyclic) bond motifs is 2. The molecular weight excluding hydrogens is 330 g/mol. The fourth-order valence-electron chi connectivity index (χ4n) is 4.04. The molecule has 136 valence electrons. The molecule has 1 aliphatic heterocycles. The molecule has 1 amide bonds. The summed E-state index contributed by atoms with van der Waals surface area (Å²) in [6.07, 6.45) is 3.23. The van der Waals surface area contributed by atoms with Gasteiger partial charge in [0, 0.05) is 18.9 Å². The van der Waals surface area contributed by atoms with E-state index < -0.39 is 5.97 Å². The van der Waals surface area contributed by atoms with E-state index in [1.165, 1.54) is 11.1 Å². The van der Waals surface area contributed by atoms with Crippen LogP contribution in [-0.2, 0) is 41.9 Å². The summed E-state index contributed by atoms with van der Waals surface area (Å²) in [7, 11) is 0. The predicted octanol–water partition coefficient (Wildman–Crippen LogP) is 2.05. The summed E-state index contributed by atoms with van der Waals surface area (Å²) in [4.78, 5) is 25.7. The second-order valence-electron chi connectivity index (χ2n) is 7.21. The number of benzene rings is 1. The van der Waals surface area contributed by atoms with E-state index in [1.54, 1.807) is 0 Å². The number of aliphatic carboxylic acids is 1. The van der Waals surface area contributed by atoms with Gasteiger partial charge < -0.3 is 10.0 Å². The van der Waals surface area contributed by atoms with Gasteiger partial charge in [-0.3, -0.25) is 14.3 Å². The van der Waals surface area contributed by atoms with Crippen molar-refractivity contribution in [3.63, 3.8) is 0 Å². The molecule has 0 radical (unpaired) electrons. The van der Waals surface area contributed by atoms with Crippen LogP contribution in [0.5, 0.6) is 0 Å². The van der Waals surface area contributed by atoms with Gasteiger partial charge in [0.1, 0.15) is 0 Å². The average molecular weight is 353 g/mol. The average Bonchev–Trinajstić information content (AvgIpc) is 3.07. The van der Waals surface area contributed by atoms with E-state index in [0.717, 1.165) is 30.7 Å². The second-order valence-corrected chi connectivity index (χ2v) is 7.21. The minimum absolute atomic E-state index is 0.0610. The summed E-state index contributed by atoms with van der Waals surface area (Å²) in [5.74, 6) is -0.518. The molecule has 0 spiro atoms. The predicted molar refractivity (Wildman–Crippen MR) is 95.6 cm³/mol. The van der Waals surface area contributed by atoms with Crippen LogP contribution in [0.15, 0.2) is 30.3 Å². The van der Waals surface area contributed by atoms with E-state index >= 15 is 0 Å². The molecule has 6 heteroatoms. The maximum atomic E-state index is 13.0. The highest BCUT2D eigenvalue weighted by molar-refractivity contribution is 5.79. The minimum Gasteiger partial charge on any atom is -0.481 e. The number of carbonyl (C=O) groups is 2. The molecule has 2 heterocycles. The third kappa shape index (κ3) is 3.36. The van der Waals surface area contributed by atoms with Crippen molar-refractivity contribution in [3.8, 4) is 0 Å². The van der Waals surface area contributed by atoms with Gasteiger partial charge in [0.2, 0.25) is 5.91 Å². The molecule has 26 heavy (non-hydrogen) atoms. The highest BCUT2D eigenvalue weighted by atomic mass is 16.4. The lowest BCUT2D eigenvalue weighted by molar-refractivity contribution is -0.138. The van der Waals surface area contributed by atoms with Crippen LogP contribution in [0, 0.1) is 5.92 Å². The molecular formula is C20H23N3O3. The van der Waals surface area contributed by atoms with Crippen LogP contribution in [0.1, 0.15) is 35.4 Å². The van der Waals surface area contributed by atoms with Crippen LogP contribution in [-0.4, -0.2) is 38.2 Å². The van der Waals surface area contributed by atoms with Crippen LogP contribution in [0.25, 0.3) is 0 Å². The molecule has 0 fully saturated rings. The van der Waals surface area contributed by atoms with Crippen LogP contribution in [0.2, 0.25) is 0 Å². The van der Waals surface area contributed by atoms with Crippen LogP contribution >= 0.6 is 0 Å². The SMILES string of the molecule is O=C(O)CCc1cc2n(n1)CCN(C(=O)C1CCc3ccccc3C1)C2. The Labute approximate surface area is 152 Å². The summed E-state index contributed by atoms with van der Waals surface area (Å²) in [6, 6.07) is 10.3. The maximum absolute atomic E-state index is 13.0. The van der Waals surface area contributed by atoms with Crippen LogP contribution in [0.4, 0.5) is 0 Å². The Bertz CT molecular complexity index is 843. The summed E-state index contributed by atoms with van der Waals surface area (Å²) in [5, 5.41) is 13.3. The first kappa shape index (κ1) is 16.8. The van der Waals surface area contributed by atoms with Gasteiger partial charge in [-0.2, -0.15) is 5.10 Å². The lowest BCUT2D eigenvalue weighted by Gasteiger charge is -2.33. The first-order chi connectivity index (χ1) is 12.6. The number of hydrogen-bond acceptors (Lipinski definition) is 3. The summed E-state index contributed by atoms with van der Waals surface area (Å²) >= 11 is 0. The first-order valence-corrected chi connectivity index (χ1v) is 9.23. The molecule has 1 unspecified atom stereocenters. The number of aromatic nitrogens is 2. The number of carboxylic acid groups (broad SMARTS) is 1. The largest absolute Gasteiger partial charge is 0.481 e. The van der Waals surface area contributed by atoms with E-state index in [9.17, 15) is 9.59 Å². The van der Waals surface area contributed by atoms with Gasteiger partial charge >= 0.3 is 5.97 Å². The summed E-state index contributed by atoms with van der Waals surface area (Å²) in [6.45, 7) is 1.92. The van der Waals surface area contributed by atoms with Crippen molar-refractivity contribution < 1.29 is 14.7 Å². The maximum Gasteiger partial charge on any atom is 0.303 e. The first-order valence-electron chi connectivity index (χ1n) is 9.23. The lowest BCUT2D eigenvalue weighted by Crippen LogP contribution is -2.43. The van der Waals surface area contributed by atoms with E-state index in [0.29, 0.717) is 26.1 Å². The normalized spacial score (nSPS) is 18.9. The van der Waals surface area contributed by atoms with Crippen LogP contribution in [0.3, 0.4) is 0 Å². The van der Waals surface area contributed by atoms with Gasteiger partial charge in [0.05, 0.1) is 30.9 Å². The third-order valence-electron chi connectivity index (χ3n) is 5.45. The van der Waals surface area contributed by atoms with Crippen LogP contribution < -0.4 is 0 Å². The van der Waals surface area contributed by atoms with Crippen molar-refractivity contribution in [2.75, 3.05) is 6.54 Å². The number of nitrogens with zero attached hydrogens (tertiary/aromatic N) is 3. The zero-order valence-electron chi connectivity index (χ0n) is 14.7. The summed E-state index contributed by atoms with van der Waals surface area (Å²) < 4.78 is 1.91. The Balaban J connectivity index is 1.42. The molecule has 1 aliphatic carbocycles. The highest BCUT2D eigenvalue weighted by Gasteiger charge is 2.30. The fraction of sp³-hybridized carbons (Fsp3) is 0.450. The molecule has 6 nitrogen and oxygen atoms in total. The molecule has 2 aromatic rings. The molecule has 1 aromatic heterocycles. The fourth-order valence-corrected chi connectivity index (χ4v) is 4.04. The number of carboxylic acids is 1. The number of amides is 1. The molecule has 0 saturated heterocycles. The van der Waals surface area contributed by atoms with Crippen molar-refractivity contribution in [1.82, 2.24) is 14.7 Å². The molecule has 2 aliphatic rings. The number of aryl methyl sites for hydroxylation is 2. The second kappa shape index (κ2) is 6.94. The van der Waals surface area contributed by atoms with Crippen molar-refractivity contribution >= 4 is 11.9 Å². The Morgan fingerprint density at radius 3 is 2.81 bits per heavy atom. The minimum atomic E-state index is -0.814. The van der Waals surface area contributed by atoms with E-state index in [1.807, 2.05) is 21.7 Å². The van der Waals surface area contributed by atoms with Crippen molar-refractivity contribution in [2.45, 2.75) is 45.2 Å². The lowest BCUT2D eigenvalue weighted by atomic mass is 9.83. The molecule has 0 saturated carbocycles. The molecule has 1 atom stereocenters. The topological polar surface area (TPSA) is 75.4 Å². The third-order valence-corrected chi connectivity index (χ3v) is 5.45. The Hall–Kier alpha value is -2.63. The van der Waals surface area contributed by atoms with Gasteiger partial charge in [0.25, 0.3) is 0 Å². The van der Waals surface area contributed by atoms with Gasteiger partial charge in [-0.15, -0.1) is 0 Å². The smallest absolute Gasteiger partial charge is 0.303 e. The van der Waals surface area contributed by atoms with Crippen molar-refractivity contribution in [1.29, 1.82) is 0 Å². The number of rotatable bonds is 4. The quantitative estimate of drug-likeness (QED) is 0.913.